The van der Waals surface area contributed by atoms with Gasteiger partial charge in [-0.05, 0) is 12.1 Å². The molecule has 0 bridgehead atoms. The van der Waals surface area contributed by atoms with E-state index in [1.165, 1.54) is 18.2 Å². The minimum Gasteiger partial charge on any atom is -0.382 e. The van der Waals surface area contributed by atoms with E-state index in [-0.39, 0.29) is 5.52 Å². The predicted octanol–water partition coefficient (Wildman–Crippen LogP) is 4.48. The summed E-state index contributed by atoms with van der Waals surface area (Å²) in [6, 6.07) is 5.96. The van der Waals surface area contributed by atoms with Crippen LogP contribution in [0.5, 0.6) is 0 Å². The lowest BCUT2D eigenvalue weighted by Gasteiger charge is -2.32. The summed E-state index contributed by atoms with van der Waals surface area (Å²) in [6.07, 6.45) is -6.22. The average molecular weight is 423 g/mol. The molecule has 1 aromatic carbocycles. The van der Waals surface area contributed by atoms with Crippen LogP contribution in [0.15, 0.2) is 29.3 Å². The molecule has 0 unspecified atom stereocenters. The van der Waals surface area contributed by atoms with Crippen LogP contribution >= 0.6 is 11.3 Å². The molecule has 2 aromatic rings. The Morgan fingerprint density at radius 2 is 1.63 bits per heavy atom. The zero-order valence-electron chi connectivity index (χ0n) is 12.5. The molecule has 1 fully saturated rings. The third-order valence-corrected chi connectivity index (χ3v) is 4.59. The van der Waals surface area contributed by atoms with Crippen molar-refractivity contribution in [2.24, 2.45) is 10.7 Å². The fourth-order valence-electron chi connectivity index (χ4n) is 2.20. The average Bonchev–Trinajstić information content (AvgIpc) is 2.98. The summed E-state index contributed by atoms with van der Waals surface area (Å²) in [5, 5.41) is -0.572. The van der Waals surface area contributed by atoms with E-state index >= 15 is 0 Å². The van der Waals surface area contributed by atoms with Crippen molar-refractivity contribution >= 4 is 32.5 Å². The summed E-state index contributed by atoms with van der Waals surface area (Å²) < 4.78 is 124. The van der Waals surface area contributed by atoms with Gasteiger partial charge in [-0.25, -0.2) is 4.98 Å². The van der Waals surface area contributed by atoms with E-state index in [9.17, 15) is 39.5 Å². The summed E-state index contributed by atoms with van der Waals surface area (Å²) in [6.45, 7) is 0. The van der Waals surface area contributed by atoms with Crippen LogP contribution in [0.2, 0.25) is 0 Å². The second-order valence-electron chi connectivity index (χ2n) is 5.40. The molecule has 2 heterocycles. The summed E-state index contributed by atoms with van der Waals surface area (Å²) in [5.41, 5.74) is 5.02. The number of amidine groups is 1. The van der Waals surface area contributed by atoms with Crippen molar-refractivity contribution in [3.63, 3.8) is 0 Å². The van der Waals surface area contributed by atoms with Crippen LogP contribution < -0.4 is 5.73 Å². The van der Waals surface area contributed by atoms with Gasteiger partial charge >= 0.3 is 29.7 Å². The number of alkyl halides is 9. The van der Waals surface area contributed by atoms with Crippen molar-refractivity contribution in [2.75, 3.05) is 0 Å². The highest BCUT2D eigenvalue weighted by atomic mass is 32.1. The van der Waals surface area contributed by atoms with Gasteiger partial charge in [0.25, 0.3) is 0 Å². The first-order valence-electron chi connectivity index (χ1n) is 6.78. The van der Waals surface area contributed by atoms with E-state index in [4.69, 9.17) is 5.73 Å². The summed E-state index contributed by atoms with van der Waals surface area (Å²) in [4.78, 5) is 6.61. The first-order chi connectivity index (χ1) is 12.2. The molecule has 1 saturated heterocycles. The zero-order chi connectivity index (χ0) is 20.5. The molecule has 0 saturated carbocycles. The van der Waals surface area contributed by atoms with Crippen LogP contribution in [0.1, 0.15) is 0 Å². The van der Waals surface area contributed by atoms with Gasteiger partial charge in [-0.2, -0.15) is 44.5 Å². The van der Waals surface area contributed by atoms with Gasteiger partial charge in [0, 0.05) is 0 Å². The molecule has 2 N–H and O–H groups in total. The van der Waals surface area contributed by atoms with Crippen LogP contribution in [0.4, 0.5) is 44.6 Å². The van der Waals surface area contributed by atoms with Gasteiger partial charge in [-0.3, -0.25) is 4.74 Å². The number of para-hydroxylation sites is 1. The Hall–Kier alpha value is -2.09. The van der Waals surface area contributed by atoms with Gasteiger partial charge in [-0.15, -0.1) is 0 Å². The minimum absolute atomic E-state index is 0.229. The van der Waals surface area contributed by atoms with Gasteiger partial charge in [0.1, 0.15) is 0 Å². The van der Waals surface area contributed by atoms with Gasteiger partial charge in [0.05, 0.1) is 10.2 Å². The van der Waals surface area contributed by atoms with Crippen LogP contribution in [-0.4, -0.2) is 40.6 Å². The van der Waals surface area contributed by atoms with E-state index in [1.54, 1.807) is 6.07 Å². The monoisotopic (exact) mass is 423 g/mol. The van der Waals surface area contributed by atoms with Gasteiger partial charge in [-0.1, -0.05) is 23.5 Å². The minimum atomic E-state index is -6.62. The number of hydrogen-bond donors (Lipinski definition) is 1. The molecular weight excluding hydrogens is 417 g/mol. The first-order valence-corrected chi connectivity index (χ1v) is 7.59. The topological polar surface area (TPSA) is 60.5 Å². The SMILES string of the molecule is NC(=Nc1nc2ccccc2s1)C(F)(F)[C@]1(F)OC(F)(F)C(F)(F)C1(F)F. The molecule has 0 radical (unpaired) electrons. The number of benzene rings is 1. The second kappa shape index (κ2) is 5.47. The maximum Gasteiger partial charge on any atom is 0.428 e. The fraction of sp³-hybridized carbons (Fsp3) is 0.385. The number of fused-ring (bicyclic) bond motifs is 1. The Labute approximate surface area is 147 Å². The molecule has 27 heavy (non-hydrogen) atoms. The molecular formula is C13H6F9N3OS. The summed E-state index contributed by atoms with van der Waals surface area (Å²) in [5.74, 6) is -27.5. The molecule has 3 rings (SSSR count). The van der Waals surface area contributed by atoms with Crippen LogP contribution in [0, 0.1) is 0 Å². The molecule has 4 nitrogen and oxygen atoms in total. The maximum absolute atomic E-state index is 14.2. The van der Waals surface area contributed by atoms with Crippen molar-refractivity contribution in [1.29, 1.82) is 0 Å². The van der Waals surface area contributed by atoms with Gasteiger partial charge in [0.2, 0.25) is 5.13 Å². The molecule has 0 aliphatic carbocycles. The van der Waals surface area contributed by atoms with Crippen molar-refractivity contribution < 1.29 is 44.3 Å². The van der Waals surface area contributed by atoms with Crippen molar-refractivity contribution in [3.8, 4) is 0 Å². The van der Waals surface area contributed by atoms with Gasteiger partial charge in [0.15, 0.2) is 5.84 Å². The Bertz CT molecular complexity index is 896. The van der Waals surface area contributed by atoms with Crippen molar-refractivity contribution in [1.82, 2.24) is 4.98 Å². The van der Waals surface area contributed by atoms with E-state index in [2.05, 4.69) is 14.7 Å². The van der Waals surface area contributed by atoms with E-state index in [0.717, 1.165) is 0 Å². The first kappa shape index (κ1) is 19.7. The van der Waals surface area contributed by atoms with E-state index in [0.29, 0.717) is 16.0 Å². The van der Waals surface area contributed by atoms with E-state index < -0.39 is 40.7 Å². The fourth-order valence-corrected chi connectivity index (χ4v) is 3.05. The molecule has 148 valence electrons. The van der Waals surface area contributed by atoms with Crippen LogP contribution in [-0.2, 0) is 4.74 Å². The summed E-state index contributed by atoms with van der Waals surface area (Å²) in [7, 11) is 0. The zero-order valence-corrected chi connectivity index (χ0v) is 13.3. The number of hydrogen-bond acceptors (Lipinski definition) is 4. The Kier molecular flexibility index (Phi) is 3.98. The number of aliphatic imine (C=N–C) groups is 1. The highest BCUT2D eigenvalue weighted by molar-refractivity contribution is 7.22. The third kappa shape index (κ3) is 2.42. The van der Waals surface area contributed by atoms with Crippen LogP contribution in [0.3, 0.4) is 0 Å². The number of nitrogens with two attached hydrogens (primary N) is 1. The van der Waals surface area contributed by atoms with Crippen LogP contribution in [0.25, 0.3) is 10.2 Å². The number of rotatable bonds is 3. The molecule has 0 spiro atoms. The molecule has 1 aromatic heterocycles. The number of thiazole rings is 1. The lowest BCUT2D eigenvalue weighted by atomic mass is 9.99. The molecule has 1 atom stereocenters. The molecule has 0 amide bonds. The molecule has 14 heteroatoms. The van der Waals surface area contributed by atoms with E-state index in [1.807, 2.05) is 0 Å². The Balaban J connectivity index is 2.06. The standard InChI is InChI=1S/C13H6F9N3OS/c14-9(15,12(20)10(16,17)11(18,19)13(21,22)26-12)7(23)25-8-24-5-3-1-2-4-6(5)27-8/h1-4H,(H2,23,24,25)/t12-/m0/s1. The summed E-state index contributed by atoms with van der Waals surface area (Å²) >= 11 is 0.624. The largest absolute Gasteiger partial charge is 0.428 e. The second-order valence-corrected chi connectivity index (χ2v) is 6.41. The van der Waals surface area contributed by atoms with Gasteiger partial charge < -0.3 is 5.73 Å². The number of halogens is 9. The number of ether oxygens (including phenoxy) is 1. The quantitative estimate of drug-likeness (QED) is 0.450. The maximum atomic E-state index is 14.2. The highest BCUT2D eigenvalue weighted by Crippen LogP contribution is 2.64. The Morgan fingerprint density at radius 1 is 1.04 bits per heavy atom. The number of aromatic nitrogens is 1. The third-order valence-electron chi connectivity index (χ3n) is 3.66. The smallest absolute Gasteiger partial charge is 0.382 e. The lowest BCUT2D eigenvalue weighted by molar-refractivity contribution is -0.362. The molecule has 1 aliphatic rings. The lowest BCUT2D eigenvalue weighted by Crippen LogP contribution is -2.64. The normalized spacial score (nSPS) is 27.2. The Morgan fingerprint density at radius 3 is 2.15 bits per heavy atom. The van der Waals surface area contributed by atoms with Crippen molar-refractivity contribution in [2.45, 2.75) is 29.7 Å². The molecule has 1 aliphatic heterocycles. The predicted molar refractivity (Wildman–Crippen MR) is 75.6 cm³/mol. The number of nitrogens with zero attached hydrogens (tertiary/aromatic N) is 2. The highest BCUT2D eigenvalue weighted by Gasteiger charge is 2.95. The van der Waals surface area contributed by atoms with Crippen molar-refractivity contribution in [3.05, 3.63) is 24.3 Å².